The number of hydrogen-bond donors (Lipinski definition) is 1. The predicted molar refractivity (Wildman–Crippen MR) is 63.1 cm³/mol. The number of aryl methyl sites for hydroxylation is 1. The molecule has 0 bridgehead atoms. The first-order valence-electron chi connectivity index (χ1n) is 4.55. The standard InChI is InChI=1S/C10H11N3S2/c1-7-12-10(15-13-7)14-9-4-2-3-8(5-9)6-11/h2-5H,6,11H2,1H3. The van der Waals surface area contributed by atoms with Crippen molar-refractivity contribution >= 4 is 23.3 Å². The lowest BCUT2D eigenvalue weighted by Crippen LogP contribution is -1.95. The van der Waals surface area contributed by atoms with E-state index in [4.69, 9.17) is 5.73 Å². The Morgan fingerprint density at radius 1 is 1.47 bits per heavy atom. The smallest absolute Gasteiger partial charge is 0.174 e. The van der Waals surface area contributed by atoms with Crippen LogP contribution in [0.25, 0.3) is 0 Å². The van der Waals surface area contributed by atoms with Crippen LogP contribution in [0.4, 0.5) is 0 Å². The minimum Gasteiger partial charge on any atom is -0.326 e. The SMILES string of the molecule is Cc1nsc(Sc2cccc(CN)c2)n1. The maximum Gasteiger partial charge on any atom is 0.174 e. The van der Waals surface area contributed by atoms with Crippen LogP contribution in [0.2, 0.25) is 0 Å². The van der Waals surface area contributed by atoms with Crippen LogP contribution in [-0.4, -0.2) is 9.36 Å². The van der Waals surface area contributed by atoms with Gasteiger partial charge in [-0.25, -0.2) is 4.98 Å². The first-order valence-corrected chi connectivity index (χ1v) is 6.14. The van der Waals surface area contributed by atoms with Gasteiger partial charge in [0.25, 0.3) is 0 Å². The lowest BCUT2D eigenvalue weighted by molar-refractivity contribution is 1.06. The molecule has 0 radical (unpaired) electrons. The van der Waals surface area contributed by atoms with E-state index in [-0.39, 0.29) is 0 Å². The molecule has 5 heteroatoms. The van der Waals surface area contributed by atoms with E-state index in [1.807, 2.05) is 19.1 Å². The van der Waals surface area contributed by atoms with Crippen molar-refractivity contribution in [1.82, 2.24) is 9.36 Å². The van der Waals surface area contributed by atoms with Crippen LogP contribution in [-0.2, 0) is 6.54 Å². The van der Waals surface area contributed by atoms with Crippen LogP contribution in [0.5, 0.6) is 0 Å². The van der Waals surface area contributed by atoms with E-state index in [1.54, 1.807) is 11.8 Å². The number of nitrogens with two attached hydrogens (primary N) is 1. The third-order valence-corrected chi connectivity index (χ3v) is 3.68. The quantitative estimate of drug-likeness (QED) is 0.891. The van der Waals surface area contributed by atoms with Gasteiger partial charge in [-0.15, -0.1) is 0 Å². The van der Waals surface area contributed by atoms with Gasteiger partial charge in [-0.2, -0.15) is 4.37 Å². The monoisotopic (exact) mass is 237 g/mol. The Morgan fingerprint density at radius 2 is 2.33 bits per heavy atom. The van der Waals surface area contributed by atoms with E-state index in [0.29, 0.717) is 6.54 Å². The highest BCUT2D eigenvalue weighted by Gasteiger charge is 2.03. The molecule has 2 aromatic rings. The van der Waals surface area contributed by atoms with Crippen LogP contribution < -0.4 is 5.73 Å². The van der Waals surface area contributed by atoms with Gasteiger partial charge >= 0.3 is 0 Å². The van der Waals surface area contributed by atoms with Crippen LogP contribution in [0.1, 0.15) is 11.4 Å². The van der Waals surface area contributed by atoms with Gasteiger partial charge in [-0.1, -0.05) is 23.9 Å². The van der Waals surface area contributed by atoms with Gasteiger partial charge in [0.2, 0.25) is 0 Å². The molecule has 2 N–H and O–H groups in total. The Labute approximate surface area is 96.9 Å². The Morgan fingerprint density at radius 3 is 3.00 bits per heavy atom. The molecule has 0 spiro atoms. The number of rotatable bonds is 3. The molecule has 0 atom stereocenters. The van der Waals surface area contributed by atoms with Crippen molar-refractivity contribution in [2.75, 3.05) is 0 Å². The van der Waals surface area contributed by atoms with E-state index in [1.165, 1.54) is 11.5 Å². The Hall–Kier alpha value is -0.910. The molecule has 0 aliphatic carbocycles. The largest absolute Gasteiger partial charge is 0.326 e. The van der Waals surface area contributed by atoms with Gasteiger partial charge in [-0.05, 0) is 36.2 Å². The van der Waals surface area contributed by atoms with Crippen molar-refractivity contribution in [2.24, 2.45) is 5.73 Å². The van der Waals surface area contributed by atoms with E-state index >= 15 is 0 Å². The lowest BCUT2D eigenvalue weighted by atomic mass is 10.2. The van der Waals surface area contributed by atoms with Gasteiger partial charge in [0.15, 0.2) is 4.34 Å². The van der Waals surface area contributed by atoms with Crippen LogP contribution in [0.15, 0.2) is 33.5 Å². The Kier molecular flexibility index (Phi) is 3.35. The summed E-state index contributed by atoms with van der Waals surface area (Å²) in [4.78, 5) is 5.46. The fourth-order valence-corrected chi connectivity index (χ4v) is 2.87. The fourth-order valence-electron chi connectivity index (χ4n) is 1.16. The normalized spacial score (nSPS) is 10.5. The number of nitrogens with zero attached hydrogens (tertiary/aromatic N) is 2. The van der Waals surface area contributed by atoms with Crippen LogP contribution in [0, 0.1) is 6.92 Å². The second-order valence-corrected chi connectivity index (χ2v) is 5.13. The Bertz CT molecular complexity index is 453. The molecule has 0 amide bonds. The van der Waals surface area contributed by atoms with E-state index in [2.05, 4.69) is 21.5 Å². The maximum absolute atomic E-state index is 5.58. The molecule has 0 saturated heterocycles. The molecule has 3 nitrogen and oxygen atoms in total. The summed E-state index contributed by atoms with van der Waals surface area (Å²) in [5, 5.41) is 0. The topological polar surface area (TPSA) is 51.8 Å². The lowest BCUT2D eigenvalue weighted by Gasteiger charge is -2.00. The molecule has 1 aromatic heterocycles. The van der Waals surface area contributed by atoms with E-state index < -0.39 is 0 Å². The van der Waals surface area contributed by atoms with Gasteiger partial charge in [-0.3, -0.25) is 0 Å². The summed E-state index contributed by atoms with van der Waals surface area (Å²) in [5.41, 5.74) is 6.72. The van der Waals surface area contributed by atoms with Gasteiger partial charge < -0.3 is 5.73 Å². The van der Waals surface area contributed by atoms with E-state index in [0.717, 1.165) is 20.6 Å². The fraction of sp³-hybridized carbons (Fsp3) is 0.200. The summed E-state index contributed by atoms with van der Waals surface area (Å²) in [7, 11) is 0. The molecular formula is C10H11N3S2. The van der Waals surface area contributed by atoms with Crippen molar-refractivity contribution in [3.63, 3.8) is 0 Å². The molecule has 78 valence electrons. The summed E-state index contributed by atoms with van der Waals surface area (Å²) in [6.07, 6.45) is 0. The van der Waals surface area contributed by atoms with Gasteiger partial charge in [0.1, 0.15) is 5.82 Å². The molecule has 1 aromatic carbocycles. The van der Waals surface area contributed by atoms with Crippen molar-refractivity contribution in [1.29, 1.82) is 0 Å². The summed E-state index contributed by atoms with van der Waals surface area (Å²) >= 11 is 3.06. The summed E-state index contributed by atoms with van der Waals surface area (Å²) in [6, 6.07) is 8.18. The highest BCUT2D eigenvalue weighted by atomic mass is 32.2. The average molecular weight is 237 g/mol. The summed E-state index contributed by atoms with van der Waals surface area (Å²) in [5.74, 6) is 0.831. The zero-order valence-electron chi connectivity index (χ0n) is 8.30. The minimum atomic E-state index is 0.573. The zero-order chi connectivity index (χ0) is 10.7. The molecular weight excluding hydrogens is 226 g/mol. The molecule has 2 rings (SSSR count). The molecule has 0 saturated carbocycles. The Balaban J connectivity index is 2.16. The molecule has 15 heavy (non-hydrogen) atoms. The molecule has 0 aliphatic rings. The van der Waals surface area contributed by atoms with Crippen molar-refractivity contribution in [2.45, 2.75) is 22.7 Å². The van der Waals surface area contributed by atoms with Gasteiger partial charge in [0.05, 0.1) is 0 Å². The number of hydrogen-bond acceptors (Lipinski definition) is 5. The highest BCUT2D eigenvalue weighted by molar-refractivity contribution is 8.01. The third kappa shape index (κ3) is 2.77. The number of aromatic nitrogens is 2. The first kappa shape index (κ1) is 10.6. The third-order valence-electron chi connectivity index (χ3n) is 1.85. The maximum atomic E-state index is 5.58. The minimum absolute atomic E-state index is 0.573. The van der Waals surface area contributed by atoms with Crippen LogP contribution >= 0.6 is 23.3 Å². The van der Waals surface area contributed by atoms with Crippen molar-refractivity contribution in [3.8, 4) is 0 Å². The molecule has 1 heterocycles. The van der Waals surface area contributed by atoms with Crippen molar-refractivity contribution in [3.05, 3.63) is 35.7 Å². The zero-order valence-corrected chi connectivity index (χ0v) is 9.94. The van der Waals surface area contributed by atoms with Crippen molar-refractivity contribution < 1.29 is 0 Å². The molecule has 0 aliphatic heterocycles. The number of benzene rings is 1. The molecule has 0 unspecified atom stereocenters. The van der Waals surface area contributed by atoms with Gasteiger partial charge in [0, 0.05) is 11.4 Å². The predicted octanol–water partition coefficient (Wildman–Crippen LogP) is 2.46. The summed E-state index contributed by atoms with van der Waals surface area (Å²) in [6.45, 7) is 2.47. The van der Waals surface area contributed by atoms with Crippen LogP contribution in [0.3, 0.4) is 0 Å². The first-order chi connectivity index (χ1) is 7.28. The second kappa shape index (κ2) is 4.74. The second-order valence-electron chi connectivity index (χ2n) is 3.06. The average Bonchev–Trinajstić information content (AvgIpc) is 2.64. The summed E-state index contributed by atoms with van der Waals surface area (Å²) < 4.78 is 5.11. The molecule has 0 fully saturated rings. The highest BCUT2D eigenvalue weighted by Crippen LogP contribution is 2.29. The van der Waals surface area contributed by atoms with E-state index in [9.17, 15) is 0 Å².